The Morgan fingerprint density at radius 1 is 1.50 bits per heavy atom. The molecule has 14 heavy (non-hydrogen) atoms. The van der Waals surface area contributed by atoms with Crippen LogP contribution in [0, 0.1) is 6.92 Å². The number of hydrogen-bond donors (Lipinski definition) is 1. The van der Waals surface area contributed by atoms with E-state index in [9.17, 15) is 0 Å². The van der Waals surface area contributed by atoms with Crippen LogP contribution in [-0.2, 0) is 4.74 Å². The first-order valence-electron chi connectivity index (χ1n) is 4.46. The molecule has 1 aromatic heterocycles. The van der Waals surface area contributed by atoms with E-state index >= 15 is 0 Å². The van der Waals surface area contributed by atoms with E-state index in [1.807, 2.05) is 13.0 Å². The van der Waals surface area contributed by atoms with Gasteiger partial charge in [-0.2, -0.15) is 0 Å². The number of aromatic nitrogens is 2. The Bertz CT molecular complexity index is 273. The van der Waals surface area contributed by atoms with Crippen LogP contribution < -0.4 is 5.32 Å². The molecular weight excluding hydrogens is 246 g/mol. The molecule has 0 radical (unpaired) electrons. The van der Waals surface area contributed by atoms with Crippen LogP contribution in [0.4, 0.5) is 5.82 Å². The Hall–Kier alpha value is -0.680. The normalized spacial score (nSPS) is 10.2. The smallest absolute Gasteiger partial charge is 0.130 e. The monoisotopic (exact) mass is 259 g/mol. The highest BCUT2D eigenvalue weighted by atomic mass is 79.9. The van der Waals surface area contributed by atoms with Crippen molar-refractivity contribution < 1.29 is 4.74 Å². The first kappa shape index (κ1) is 11.4. The largest absolute Gasteiger partial charge is 0.385 e. The van der Waals surface area contributed by atoms with Crippen molar-refractivity contribution in [2.24, 2.45) is 0 Å². The Morgan fingerprint density at radius 2 is 2.29 bits per heavy atom. The molecule has 1 aromatic rings. The Morgan fingerprint density at radius 3 is 2.93 bits per heavy atom. The zero-order chi connectivity index (χ0) is 10.4. The lowest BCUT2D eigenvalue weighted by atomic mass is 10.4. The fourth-order valence-corrected chi connectivity index (χ4v) is 1.53. The van der Waals surface area contributed by atoms with Crippen molar-refractivity contribution in [2.45, 2.75) is 13.3 Å². The fraction of sp³-hybridized carbons (Fsp3) is 0.556. The van der Waals surface area contributed by atoms with Gasteiger partial charge in [0.15, 0.2) is 0 Å². The van der Waals surface area contributed by atoms with Crippen molar-refractivity contribution in [2.75, 3.05) is 25.6 Å². The number of methoxy groups -OCH3 is 1. The number of halogens is 1. The molecule has 0 atom stereocenters. The van der Waals surface area contributed by atoms with Gasteiger partial charge in [0, 0.05) is 26.3 Å². The average molecular weight is 260 g/mol. The lowest BCUT2D eigenvalue weighted by molar-refractivity contribution is 0.198. The van der Waals surface area contributed by atoms with Crippen molar-refractivity contribution in [1.82, 2.24) is 9.97 Å². The van der Waals surface area contributed by atoms with E-state index in [0.717, 1.165) is 35.8 Å². The van der Waals surface area contributed by atoms with E-state index in [2.05, 4.69) is 31.2 Å². The number of nitrogens with zero attached hydrogens (tertiary/aromatic N) is 2. The lowest BCUT2D eigenvalue weighted by Gasteiger charge is -2.05. The van der Waals surface area contributed by atoms with Crippen LogP contribution in [-0.4, -0.2) is 30.2 Å². The summed E-state index contributed by atoms with van der Waals surface area (Å²) in [6, 6.07) is 1.86. The molecule has 0 aromatic carbocycles. The summed E-state index contributed by atoms with van der Waals surface area (Å²) in [6.45, 7) is 3.49. The number of anilines is 1. The van der Waals surface area contributed by atoms with Crippen LogP contribution in [0.3, 0.4) is 0 Å². The SMILES string of the molecule is COCCCNc1cc(Br)nc(C)n1. The third-order valence-corrected chi connectivity index (χ3v) is 2.04. The molecule has 0 bridgehead atoms. The van der Waals surface area contributed by atoms with Gasteiger partial charge in [0.25, 0.3) is 0 Å². The van der Waals surface area contributed by atoms with Crippen LogP contribution in [0.15, 0.2) is 10.7 Å². The summed E-state index contributed by atoms with van der Waals surface area (Å²) in [4.78, 5) is 8.36. The summed E-state index contributed by atoms with van der Waals surface area (Å²) in [7, 11) is 1.70. The van der Waals surface area contributed by atoms with E-state index < -0.39 is 0 Å². The van der Waals surface area contributed by atoms with E-state index in [-0.39, 0.29) is 0 Å². The quantitative estimate of drug-likeness (QED) is 0.649. The van der Waals surface area contributed by atoms with Gasteiger partial charge >= 0.3 is 0 Å². The zero-order valence-corrected chi connectivity index (χ0v) is 9.97. The molecule has 1 rings (SSSR count). The molecule has 1 N–H and O–H groups in total. The summed E-state index contributed by atoms with van der Waals surface area (Å²) >= 11 is 3.32. The molecule has 0 spiro atoms. The van der Waals surface area contributed by atoms with Crippen LogP contribution in [0.1, 0.15) is 12.2 Å². The van der Waals surface area contributed by atoms with Crippen molar-refractivity contribution in [3.63, 3.8) is 0 Å². The summed E-state index contributed by atoms with van der Waals surface area (Å²) in [5.41, 5.74) is 0. The average Bonchev–Trinajstić information content (AvgIpc) is 2.11. The molecule has 1 heterocycles. The number of nitrogens with one attached hydrogen (secondary N) is 1. The molecule has 0 amide bonds. The first-order chi connectivity index (χ1) is 6.72. The summed E-state index contributed by atoms with van der Waals surface area (Å²) < 4.78 is 5.75. The third-order valence-electron chi connectivity index (χ3n) is 1.64. The van der Waals surface area contributed by atoms with Crippen LogP contribution >= 0.6 is 15.9 Å². The Labute approximate surface area is 92.2 Å². The fourth-order valence-electron chi connectivity index (χ4n) is 1.05. The standard InChI is InChI=1S/C9H14BrN3O/c1-7-12-8(10)6-9(13-7)11-4-3-5-14-2/h6H,3-5H2,1-2H3,(H,11,12,13). The number of ether oxygens (including phenoxy) is 1. The van der Waals surface area contributed by atoms with Gasteiger partial charge in [0.05, 0.1) is 0 Å². The highest BCUT2D eigenvalue weighted by Crippen LogP contribution is 2.11. The van der Waals surface area contributed by atoms with Gasteiger partial charge in [-0.3, -0.25) is 0 Å². The molecule has 0 saturated carbocycles. The van der Waals surface area contributed by atoms with E-state index in [1.165, 1.54) is 0 Å². The van der Waals surface area contributed by atoms with Crippen LogP contribution in [0.25, 0.3) is 0 Å². The topological polar surface area (TPSA) is 47.0 Å². The zero-order valence-electron chi connectivity index (χ0n) is 8.38. The molecule has 5 heteroatoms. The maximum atomic E-state index is 4.95. The molecule has 4 nitrogen and oxygen atoms in total. The third kappa shape index (κ3) is 4.02. The van der Waals surface area contributed by atoms with Gasteiger partial charge in [-0.1, -0.05) is 0 Å². The molecule has 0 fully saturated rings. The van der Waals surface area contributed by atoms with Crippen LogP contribution in [0.2, 0.25) is 0 Å². The lowest BCUT2D eigenvalue weighted by Crippen LogP contribution is -2.07. The van der Waals surface area contributed by atoms with Crippen molar-refractivity contribution in [3.8, 4) is 0 Å². The highest BCUT2D eigenvalue weighted by molar-refractivity contribution is 9.10. The van der Waals surface area contributed by atoms with Gasteiger partial charge in [0.1, 0.15) is 16.2 Å². The minimum absolute atomic E-state index is 0.758. The van der Waals surface area contributed by atoms with E-state index in [1.54, 1.807) is 7.11 Å². The van der Waals surface area contributed by atoms with Crippen LogP contribution in [0.5, 0.6) is 0 Å². The molecule has 78 valence electrons. The first-order valence-corrected chi connectivity index (χ1v) is 5.25. The second-order valence-electron chi connectivity index (χ2n) is 2.90. The second kappa shape index (κ2) is 5.93. The highest BCUT2D eigenvalue weighted by Gasteiger charge is 1.98. The summed E-state index contributed by atoms with van der Waals surface area (Å²) in [6.07, 6.45) is 0.969. The van der Waals surface area contributed by atoms with E-state index in [0.29, 0.717) is 0 Å². The van der Waals surface area contributed by atoms with Crippen molar-refractivity contribution >= 4 is 21.7 Å². The minimum atomic E-state index is 0.758. The maximum absolute atomic E-state index is 4.95. The van der Waals surface area contributed by atoms with Gasteiger partial charge in [-0.25, -0.2) is 9.97 Å². The van der Waals surface area contributed by atoms with Crippen molar-refractivity contribution in [1.29, 1.82) is 0 Å². The van der Waals surface area contributed by atoms with Gasteiger partial charge in [-0.05, 0) is 29.3 Å². The predicted octanol–water partition coefficient (Wildman–Crippen LogP) is 2.00. The summed E-state index contributed by atoms with van der Waals surface area (Å²) in [5, 5.41) is 3.20. The van der Waals surface area contributed by atoms with E-state index in [4.69, 9.17) is 4.74 Å². The Balaban J connectivity index is 2.42. The second-order valence-corrected chi connectivity index (χ2v) is 3.71. The number of rotatable bonds is 5. The molecule has 0 aliphatic rings. The predicted molar refractivity (Wildman–Crippen MR) is 59.5 cm³/mol. The summed E-state index contributed by atoms with van der Waals surface area (Å²) in [5.74, 6) is 1.61. The Kier molecular flexibility index (Phi) is 4.82. The minimum Gasteiger partial charge on any atom is -0.385 e. The van der Waals surface area contributed by atoms with Gasteiger partial charge in [-0.15, -0.1) is 0 Å². The molecule has 0 unspecified atom stereocenters. The molecule has 0 saturated heterocycles. The van der Waals surface area contributed by atoms with Crippen molar-refractivity contribution in [3.05, 3.63) is 16.5 Å². The van der Waals surface area contributed by atoms with Gasteiger partial charge < -0.3 is 10.1 Å². The van der Waals surface area contributed by atoms with Gasteiger partial charge in [0.2, 0.25) is 0 Å². The molecule has 0 aliphatic heterocycles. The maximum Gasteiger partial charge on any atom is 0.130 e. The number of aryl methyl sites for hydroxylation is 1. The molecular formula is C9H14BrN3O. The molecule has 0 aliphatic carbocycles. The number of hydrogen-bond acceptors (Lipinski definition) is 4.